The molecule has 1 rings (SSSR count). The molecule has 0 unspecified atom stereocenters. The Morgan fingerprint density at radius 2 is 2.05 bits per heavy atom. The van der Waals surface area contributed by atoms with Crippen molar-refractivity contribution in [2.24, 2.45) is 5.92 Å². The van der Waals surface area contributed by atoms with Crippen molar-refractivity contribution in [1.82, 2.24) is 15.2 Å². The average Bonchev–Trinajstić information content (AvgIpc) is 2.45. The van der Waals surface area contributed by atoms with Crippen molar-refractivity contribution in [2.75, 3.05) is 31.9 Å². The molecule has 0 spiro atoms. The van der Waals surface area contributed by atoms with E-state index in [0.717, 1.165) is 38.5 Å². The van der Waals surface area contributed by atoms with E-state index in [2.05, 4.69) is 49.0 Å². The van der Waals surface area contributed by atoms with Crippen LogP contribution >= 0.6 is 11.8 Å². The van der Waals surface area contributed by atoms with Gasteiger partial charge in [-0.15, -0.1) is 11.8 Å². The lowest BCUT2D eigenvalue weighted by Gasteiger charge is -2.17. The normalized spacial score (nSPS) is 11.5. The zero-order chi connectivity index (χ0) is 14.8. The highest BCUT2D eigenvalue weighted by molar-refractivity contribution is 7.99. The molecule has 1 N–H and O–H groups in total. The predicted octanol–water partition coefficient (Wildman–Crippen LogP) is 3.26. The standard InChI is InChI=1S/C16H29N3S/c1-5-19(6-2)10-11-20-16-15(8-7-9-18-16)13-17-12-14(3)4/h7-9,14,17H,5-6,10-13H2,1-4H3. The van der Waals surface area contributed by atoms with Gasteiger partial charge in [0.2, 0.25) is 0 Å². The van der Waals surface area contributed by atoms with Gasteiger partial charge in [0, 0.05) is 25.0 Å². The quantitative estimate of drug-likeness (QED) is 0.671. The summed E-state index contributed by atoms with van der Waals surface area (Å²) in [4.78, 5) is 6.98. The van der Waals surface area contributed by atoms with Crippen LogP contribution in [0.25, 0.3) is 0 Å². The molecule has 3 nitrogen and oxygen atoms in total. The summed E-state index contributed by atoms with van der Waals surface area (Å²) in [5.41, 5.74) is 1.32. The Kier molecular flexibility index (Phi) is 8.90. The molecule has 4 heteroatoms. The molecule has 0 radical (unpaired) electrons. The van der Waals surface area contributed by atoms with E-state index in [1.165, 1.54) is 10.6 Å². The molecular weight excluding hydrogens is 266 g/mol. The van der Waals surface area contributed by atoms with Crippen LogP contribution in [0.3, 0.4) is 0 Å². The molecule has 0 aliphatic heterocycles. The van der Waals surface area contributed by atoms with Crippen LogP contribution in [0, 0.1) is 5.92 Å². The minimum atomic E-state index is 0.686. The van der Waals surface area contributed by atoms with Gasteiger partial charge >= 0.3 is 0 Å². The lowest BCUT2D eigenvalue weighted by molar-refractivity contribution is 0.324. The summed E-state index contributed by atoms with van der Waals surface area (Å²) < 4.78 is 0. The highest BCUT2D eigenvalue weighted by Crippen LogP contribution is 2.19. The number of nitrogens with zero attached hydrogens (tertiary/aromatic N) is 2. The second-order valence-corrected chi connectivity index (χ2v) is 6.45. The minimum absolute atomic E-state index is 0.686. The van der Waals surface area contributed by atoms with Gasteiger partial charge in [-0.1, -0.05) is 33.8 Å². The number of rotatable bonds is 10. The van der Waals surface area contributed by atoms with Crippen molar-refractivity contribution < 1.29 is 0 Å². The van der Waals surface area contributed by atoms with Gasteiger partial charge in [-0.25, -0.2) is 4.98 Å². The van der Waals surface area contributed by atoms with Gasteiger partial charge in [-0.3, -0.25) is 0 Å². The van der Waals surface area contributed by atoms with E-state index in [9.17, 15) is 0 Å². The van der Waals surface area contributed by atoms with E-state index in [-0.39, 0.29) is 0 Å². The van der Waals surface area contributed by atoms with Gasteiger partial charge in [-0.05, 0) is 37.2 Å². The molecule has 0 aliphatic rings. The van der Waals surface area contributed by atoms with Crippen molar-refractivity contribution in [2.45, 2.75) is 39.3 Å². The third-order valence-corrected chi connectivity index (χ3v) is 4.29. The molecule has 0 aromatic carbocycles. The predicted molar refractivity (Wildman–Crippen MR) is 89.3 cm³/mol. The van der Waals surface area contributed by atoms with Gasteiger partial charge in [0.25, 0.3) is 0 Å². The molecule has 20 heavy (non-hydrogen) atoms. The Morgan fingerprint density at radius 1 is 1.30 bits per heavy atom. The topological polar surface area (TPSA) is 28.2 Å². The van der Waals surface area contributed by atoms with E-state index < -0.39 is 0 Å². The lowest BCUT2D eigenvalue weighted by Crippen LogP contribution is -2.25. The van der Waals surface area contributed by atoms with Crippen molar-refractivity contribution >= 4 is 11.8 Å². The van der Waals surface area contributed by atoms with E-state index >= 15 is 0 Å². The van der Waals surface area contributed by atoms with Crippen LogP contribution < -0.4 is 5.32 Å². The summed E-state index contributed by atoms with van der Waals surface area (Å²) in [5.74, 6) is 1.79. The molecule has 0 saturated heterocycles. The van der Waals surface area contributed by atoms with Gasteiger partial charge in [0.1, 0.15) is 5.03 Å². The second-order valence-electron chi connectivity index (χ2n) is 5.37. The largest absolute Gasteiger partial charge is 0.312 e. The Morgan fingerprint density at radius 3 is 2.70 bits per heavy atom. The van der Waals surface area contributed by atoms with Gasteiger partial charge in [0.15, 0.2) is 0 Å². The minimum Gasteiger partial charge on any atom is -0.312 e. The fraction of sp³-hybridized carbons (Fsp3) is 0.688. The summed E-state index contributed by atoms with van der Waals surface area (Å²) in [6.45, 7) is 14.3. The summed E-state index contributed by atoms with van der Waals surface area (Å²) >= 11 is 1.87. The molecule has 0 atom stereocenters. The summed E-state index contributed by atoms with van der Waals surface area (Å²) in [6.07, 6.45) is 1.89. The van der Waals surface area contributed by atoms with Gasteiger partial charge < -0.3 is 10.2 Å². The first kappa shape index (κ1) is 17.5. The van der Waals surface area contributed by atoms with E-state index in [4.69, 9.17) is 0 Å². The van der Waals surface area contributed by atoms with Crippen LogP contribution in [-0.2, 0) is 6.54 Å². The Labute approximate surface area is 128 Å². The van der Waals surface area contributed by atoms with Crippen molar-refractivity contribution in [3.8, 4) is 0 Å². The van der Waals surface area contributed by atoms with Crippen LogP contribution in [0.5, 0.6) is 0 Å². The molecule has 1 heterocycles. The zero-order valence-electron chi connectivity index (χ0n) is 13.4. The molecule has 0 saturated carbocycles. The monoisotopic (exact) mass is 295 g/mol. The molecule has 114 valence electrons. The van der Waals surface area contributed by atoms with Crippen molar-refractivity contribution in [3.05, 3.63) is 23.9 Å². The van der Waals surface area contributed by atoms with E-state index in [1.807, 2.05) is 24.0 Å². The van der Waals surface area contributed by atoms with Crippen LogP contribution in [-0.4, -0.2) is 41.8 Å². The maximum atomic E-state index is 4.53. The molecule has 0 bridgehead atoms. The Hall–Kier alpha value is -0.580. The van der Waals surface area contributed by atoms with E-state index in [0.29, 0.717) is 5.92 Å². The molecule has 0 amide bonds. The third-order valence-electron chi connectivity index (χ3n) is 3.26. The summed E-state index contributed by atoms with van der Waals surface area (Å²) in [7, 11) is 0. The number of hydrogen-bond acceptors (Lipinski definition) is 4. The summed E-state index contributed by atoms with van der Waals surface area (Å²) in [6, 6.07) is 4.21. The number of aromatic nitrogens is 1. The first-order valence-electron chi connectivity index (χ1n) is 7.67. The number of pyridine rings is 1. The van der Waals surface area contributed by atoms with E-state index in [1.54, 1.807) is 0 Å². The maximum absolute atomic E-state index is 4.53. The smallest absolute Gasteiger partial charge is 0.100 e. The second kappa shape index (κ2) is 10.2. The fourth-order valence-electron chi connectivity index (χ4n) is 2.00. The first-order chi connectivity index (χ1) is 9.67. The van der Waals surface area contributed by atoms with Gasteiger partial charge in [0.05, 0.1) is 0 Å². The molecular formula is C16H29N3S. The van der Waals surface area contributed by atoms with Crippen molar-refractivity contribution in [1.29, 1.82) is 0 Å². The Bertz CT molecular complexity index is 364. The SMILES string of the molecule is CCN(CC)CCSc1ncccc1CNCC(C)C. The van der Waals surface area contributed by atoms with Crippen LogP contribution in [0.1, 0.15) is 33.3 Å². The van der Waals surface area contributed by atoms with Crippen LogP contribution in [0.15, 0.2) is 23.4 Å². The molecule has 0 aliphatic carbocycles. The van der Waals surface area contributed by atoms with Crippen molar-refractivity contribution in [3.63, 3.8) is 0 Å². The molecule has 1 aromatic heterocycles. The highest BCUT2D eigenvalue weighted by atomic mass is 32.2. The maximum Gasteiger partial charge on any atom is 0.100 e. The molecule has 1 aromatic rings. The van der Waals surface area contributed by atoms with Gasteiger partial charge in [-0.2, -0.15) is 0 Å². The zero-order valence-corrected chi connectivity index (χ0v) is 14.2. The van der Waals surface area contributed by atoms with Crippen LogP contribution in [0.2, 0.25) is 0 Å². The lowest BCUT2D eigenvalue weighted by atomic mass is 10.2. The number of hydrogen-bond donors (Lipinski definition) is 1. The molecule has 0 fully saturated rings. The summed E-state index contributed by atoms with van der Waals surface area (Å²) in [5, 5.41) is 4.68. The third kappa shape index (κ3) is 6.73. The highest BCUT2D eigenvalue weighted by Gasteiger charge is 2.05. The first-order valence-corrected chi connectivity index (χ1v) is 8.65. The fourth-order valence-corrected chi connectivity index (χ4v) is 3.00. The average molecular weight is 295 g/mol. The number of thioether (sulfide) groups is 1. The Balaban J connectivity index is 2.44. The number of nitrogens with one attached hydrogen (secondary N) is 1. The van der Waals surface area contributed by atoms with Crippen LogP contribution in [0.4, 0.5) is 0 Å².